The van der Waals surface area contributed by atoms with Gasteiger partial charge in [0.15, 0.2) is 0 Å². The zero-order valence-electron chi connectivity index (χ0n) is 8.56. The van der Waals surface area contributed by atoms with Gasteiger partial charge in [0.05, 0.1) is 16.8 Å². The van der Waals surface area contributed by atoms with Crippen LogP contribution in [0.1, 0.15) is 33.6 Å². The van der Waals surface area contributed by atoms with Gasteiger partial charge < -0.3 is 5.73 Å². The van der Waals surface area contributed by atoms with Gasteiger partial charge in [-0.2, -0.15) is 13.2 Å². The van der Waals surface area contributed by atoms with Crippen LogP contribution < -0.4 is 5.73 Å². The number of hydrogen-bond donors (Lipinski definition) is 1. The van der Waals surface area contributed by atoms with Crippen LogP contribution in [-0.2, 0) is 12.7 Å². The number of rotatable bonds is 3. The van der Waals surface area contributed by atoms with E-state index in [1.54, 1.807) is 0 Å². The van der Waals surface area contributed by atoms with E-state index in [4.69, 9.17) is 17.3 Å². The molecule has 18 heavy (non-hydrogen) atoms. The highest BCUT2D eigenvalue weighted by molar-refractivity contribution is 6.67. The van der Waals surface area contributed by atoms with E-state index in [0.29, 0.717) is 6.20 Å². The van der Waals surface area contributed by atoms with Gasteiger partial charge in [0.1, 0.15) is 0 Å². The number of aromatic nitrogens is 1. The van der Waals surface area contributed by atoms with Gasteiger partial charge in [-0.3, -0.25) is 9.78 Å². The molecule has 0 saturated heterocycles. The molecule has 0 unspecified atom stereocenters. The molecule has 1 aromatic rings. The molecule has 1 heterocycles. The smallest absolute Gasteiger partial charge is 0.325 e. The van der Waals surface area contributed by atoms with Gasteiger partial charge in [-0.1, -0.05) is 0 Å². The van der Waals surface area contributed by atoms with Crippen molar-refractivity contribution in [3.63, 3.8) is 0 Å². The number of nitrogens with two attached hydrogens (primary N) is 1. The molecule has 3 nitrogen and oxygen atoms in total. The average Bonchev–Trinajstić information content (AvgIpc) is 2.25. The molecular weight excluding hydrogens is 283 g/mol. The third kappa shape index (κ3) is 2.75. The molecule has 1 rings (SSSR count). The summed E-state index contributed by atoms with van der Waals surface area (Å²) in [5, 5.41) is -1.44. The van der Waals surface area contributed by atoms with Gasteiger partial charge >= 0.3 is 6.18 Å². The highest BCUT2D eigenvalue weighted by atomic mass is 35.5. The number of alkyl halides is 5. The van der Waals surface area contributed by atoms with E-state index in [-0.39, 0.29) is 0 Å². The number of carbonyl (C=O) groups excluding carboxylic acids is 1. The fourth-order valence-electron chi connectivity index (χ4n) is 1.42. The molecule has 0 radical (unpaired) electrons. The summed E-state index contributed by atoms with van der Waals surface area (Å²) in [6.07, 6.45) is -8.06. The molecule has 100 valence electrons. The summed E-state index contributed by atoms with van der Waals surface area (Å²) in [5.74, 6) is 0. The first-order valence-corrected chi connectivity index (χ1v) is 4.85. The monoisotopic (exact) mass is 288 g/mol. The second kappa shape index (κ2) is 5.15. The summed E-state index contributed by atoms with van der Waals surface area (Å²) in [6.45, 7) is -0.689. The first-order valence-electron chi connectivity index (χ1n) is 4.47. The molecule has 0 aromatic carbocycles. The van der Waals surface area contributed by atoms with Crippen molar-refractivity contribution in [3.8, 4) is 0 Å². The van der Waals surface area contributed by atoms with Crippen molar-refractivity contribution < 1.29 is 26.7 Å². The molecule has 0 saturated carbocycles. The minimum absolute atomic E-state index is 0.564. The fourth-order valence-corrected chi connectivity index (χ4v) is 1.57. The van der Waals surface area contributed by atoms with Crippen molar-refractivity contribution in [3.05, 3.63) is 28.6 Å². The van der Waals surface area contributed by atoms with Gasteiger partial charge in [0.25, 0.3) is 11.7 Å². The SMILES string of the molecule is NCc1ncc(C(=O)Cl)c(C(F)F)c1C(F)(F)F. The molecule has 0 spiro atoms. The van der Waals surface area contributed by atoms with Gasteiger partial charge in [0, 0.05) is 18.3 Å². The molecule has 0 atom stereocenters. The van der Waals surface area contributed by atoms with E-state index < -0.39 is 46.8 Å². The third-order valence-corrected chi connectivity index (χ3v) is 2.31. The lowest BCUT2D eigenvalue weighted by Crippen LogP contribution is -2.19. The van der Waals surface area contributed by atoms with Crippen LogP contribution in [0.5, 0.6) is 0 Å². The van der Waals surface area contributed by atoms with Crippen LogP contribution in [0.15, 0.2) is 6.20 Å². The summed E-state index contributed by atoms with van der Waals surface area (Å²) < 4.78 is 63.6. The largest absolute Gasteiger partial charge is 0.418 e. The Morgan fingerprint density at radius 1 is 1.44 bits per heavy atom. The number of nitrogens with zero attached hydrogens (tertiary/aromatic N) is 1. The second-order valence-corrected chi connectivity index (χ2v) is 3.53. The lowest BCUT2D eigenvalue weighted by Gasteiger charge is -2.17. The number of pyridine rings is 1. The Bertz CT molecular complexity index is 475. The minimum atomic E-state index is -5.10. The van der Waals surface area contributed by atoms with Crippen LogP contribution in [0.2, 0.25) is 0 Å². The van der Waals surface area contributed by atoms with Crippen molar-refractivity contribution >= 4 is 16.8 Å². The van der Waals surface area contributed by atoms with E-state index in [0.717, 1.165) is 0 Å². The second-order valence-electron chi connectivity index (χ2n) is 3.18. The maximum atomic E-state index is 12.7. The zero-order chi connectivity index (χ0) is 14.1. The Hall–Kier alpha value is -1.28. The number of hydrogen-bond acceptors (Lipinski definition) is 3. The molecule has 1 aromatic heterocycles. The number of halogens is 6. The Morgan fingerprint density at radius 2 is 2.00 bits per heavy atom. The van der Waals surface area contributed by atoms with Gasteiger partial charge in [-0.25, -0.2) is 8.78 Å². The summed E-state index contributed by atoms with van der Waals surface area (Å²) in [4.78, 5) is 14.1. The molecule has 9 heteroatoms. The van der Waals surface area contributed by atoms with Gasteiger partial charge in [0.2, 0.25) is 0 Å². The van der Waals surface area contributed by atoms with Crippen molar-refractivity contribution in [2.45, 2.75) is 19.1 Å². The summed E-state index contributed by atoms with van der Waals surface area (Å²) in [6, 6.07) is 0. The highest BCUT2D eigenvalue weighted by Gasteiger charge is 2.41. The topological polar surface area (TPSA) is 56.0 Å². The number of carbonyl (C=O) groups is 1. The summed E-state index contributed by atoms with van der Waals surface area (Å²) in [7, 11) is 0. The van der Waals surface area contributed by atoms with Crippen LogP contribution in [0.25, 0.3) is 0 Å². The normalized spacial score (nSPS) is 12.0. The van der Waals surface area contributed by atoms with Crippen molar-refractivity contribution in [1.82, 2.24) is 4.98 Å². The maximum Gasteiger partial charge on any atom is 0.418 e. The van der Waals surface area contributed by atoms with Crippen LogP contribution in [0.4, 0.5) is 22.0 Å². The molecule has 2 N–H and O–H groups in total. The lowest BCUT2D eigenvalue weighted by atomic mass is 10.0. The van der Waals surface area contributed by atoms with Gasteiger partial charge in [-0.15, -0.1) is 0 Å². The van der Waals surface area contributed by atoms with Crippen LogP contribution in [0.3, 0.4) is 0 Å². The van der Waals surface area contributed by atoms with E-state index >= 15 is 0 Å². The van der Waals surface area contributed by atoms with Crippen LogP contribution >= 0.6 is 11.6 Å². The average molecular weight is 289 g/mol. The maximum absolute atomic E-state index is 12.7. The molecule has 0 fully saturated rings. The Kier molecular flexibility index (Phi) is 4.23. The van der Waals surface area contributed by atoms with Crippen molar-refractivity contribution in [1.29, 1.82) is 0 Å². The third-order valence-electron chi connectivity index (χ3n) is 2.10. The predicted molar refractivity (Wildman–Crippen MR) is 52.3 cm³/mol. The molecule has 0 aliphatic heterocycles. The molecule has 0 bridgehead atoms. The predicted octanol–water partition coefficient (Wildman–Crippen LogP) is 2.88. The molecule has 0 aliphatic rings. The van der Waals surface area contributed by atoms with E-state index in [2.05, 4.69) is 4.98 Å². The Balaban J connectivity index is 3.71. The minimum Gasteiger partial charge on any atom is -0.325 e. The molecule has 0 aliphatic carbocycles. The summed E-state index contributed by atoms with van der Waals surface area (Å²) >= 11 is 4.96. The molecule has 0 amide bonds. The Morgan fingerprint density at radius 3 is 2.33 bits per heavy atom. The van der Waals surface area contributed by atoms with E-state index in [1.807, 2.05) is 0 Å². The first-order chi connectivity index (χ1) is 8.20. The van der Waals surface area contributed by atoms with Crippen LogP contribution in [-0.4, -0.2) is 10.2 Å². The van der Waals surface area contributed by atoms with Crippen molar-refractivity contribution in [2.24, 2.45) is 5.73 Å². The quantitative estimate of drug-likeness (QED) is 0.687. The van der Waals surface area contributed by atoms with E-state index in [1.165, 1.54) is 0 Å². The van der Waals surface area contributed by atoms with E-state index in [9.17, 15) is 26.7 Å². The molecular formula is C9H6ClF5N2O. The lowest BCUT2D eigenvalue weighted by molar-refractivity contribution is -0.140. The van der Waals surface area contributed by atoms with Crippen LogP contribution in [0, 0.1) is 0 Å². The Labute approximate surface area is 103 Å². The van der Waals surface area contributed by atoms with Crippen molar-refractivity contribution in [2.75, 3.05) is 0 Å². The summed E-state index contributed by atoms with van der Waals surface area (Å²) in [5.41, 5.74) is 0.0868. The fraction of sp³-hybridized carbons (Fsp3) is 0.333. The van der Waals surface area contributed by atoms with Gasteiger partial charge in [-0.05, 0) is 11.6 Å². The first kappa shape index (κ1) is 14.8. The highest BCUT2D eigenvalue weighted by Crippen LogP contribution is 2.39. The zero-order valence-corrected chi connectivity index (χ0v) is 9.32. The standard InChI is InChI=1S/C9H6ClF5N2O/c10-7(18)3-2-17-4(1-16)6(9(13,14)15)5(3)8(11)12/h2,8H,1,16H2.